The van der Waals surface area contributed by atoms with Gasteiger partial charge < -0.3 is 9.30 Å². The van der Waals surface area contributed by atoms with Gasteiger partial charge in [-0.2, -0.15) is 4.99 Å². The third-order valence-corrected chi connectivity index (χ3v) is 9.37. The molecule has 0 saturated carbocycles. The number of ether oxygens (including phenoxy) is 1. The van der Waals surface area contributed by atoms with Gasteiger partial charge in [0.1, 0.15) is 0 Å². The van der Waals surface area contributed by atoms with Crippen molar-refractivity contribution in [1.29, 1.82) is 0 Å². The van der Waals surface area contributed by atoms with Gasteiger partial charge in [0.15, 0.2) is 4.80 Å². The molecule has 0 N–H and O–H groups in total. The number of carbonyl (C=O) groups is 1. The molecule has 0 aliphatic carbocycles. The van der Waals surface area contributed by atoms with Crippen LogP contribution in [0.4, 0.5) is 5.69 Å². The average Bonchev–Trinajstić information content (AvgIpc) is 3.25. The van der Waals surface area contributed by atoms with E-state index in [2.05, 4.69) is 4.99 Å². The Morgan fingerprint density at radius 3 is 2.38 bits per heavy atom. The molecule has 1 aromatic heterocycles. The summed E-state index contributed by atoms with van der Waals surface area (Å²) < 4.78 is 36.0. The van der Waals surface area contributed by atoms with Gasteiger partial charge in [0, 0.05) is 25.3 Å². The molecule has 4 aromatic rings. The zero-order valence-electron chi connectivity index (χ0n) is 20.2. The fourth-order valence-corrected chi connectivity index (χ4v) is 6.84. The van der Waals surface area contributed by atoms with E-state index in [-0.39, 0.29) is 17.0 Å². The van der Waals surface area contributed by atoms with Crippen LogP contribution in [0.5, 0.6) is 0 Å². The first-order valence-corrected chi connectivity index (χ1v) is 14.6. The summed E-state index contributed by atoms with van der Waals surface area (Å²) in [6.45, 7) is 5.34. The summed E-state index contributed by atoms with van der Waals surface area (Å²) in [6, 6.07) is 18.2. The Bertz CT molecular complexity index is 1580. The van der Waals surface area contributed by atoms with E-state index in [0.29, 0.717) is 45.8 Å². The maximum Gasteiger partial charge on any atom is 0.279 e. The lowest BCUT2D eigenvalue weighted by atomic mass is 10.2. The molecule has 1 heterocycles. The number of hydrogen-bond acceptors (Lipinski definition) is 5. The molecule has 0 aliphatic rings. The molecule has 4 rings (SSSR count). The van der Waals surface area contributed by atoms with Crippen LogP contribution < -0.4 is 9.11 Å². The number of sulfonamides is 1. The Morgan fingerprint density at radius 2 is 1.73 bits per heavy atom. The van der Waals surface area contributed by atoms with Crippen LogP contribution in [0, 0.1) is 0 Å². The van der Waals surface area contributed by atoms with Crippen LogP contribution in [0.1, 0.15) is 24.2 Å². The monoisotopic (exact) mass is 577 g/mol. The summed E-state index contributed by atoms with van der Waals surface area (Å²) in [6.07, 6.45) is 0. The standard InChI is InChI=1S/C26H25Cl2N3O4S2/c1-3-31(19-8-6-5-7-9-19)37(33,34)20-12-10-18(11-13-20)25(32)29-26-30(16-17-35-4-2)24-22(36-26)15-14-21(27)23(24)28/h5-15H,3-4,16-17H2,1-2H3. The molecule has 0 aliphatic heterocycles. The van der Waals surface area contributed by atoms with E-state index in [0.717, 1.165) is 4.70 Å². The van der Waals surface area contributed by atoms with E-state index < -0.39 is 15.9 Å². The van der Waals surface area contributed by atoms with Crippen molar-refractivity contribution in [3.05, 3.63) is 87.1 Å². The molecule has 0 bridgehead atoms. The number of thiazole rings is 1. The maximum absolute atomic E-state index is 13.2. The zero-order chi connectivity index (χ0) is 26.6. The Hall–Kier alpha value is -2.69. The lowest BCUT2D eigenvalue weighted by molar-refractivity contribution is 0.0996. The first-order chi connectivity index (χ1) is 17.8. The van der Waals surface area contributed by atoms with Crippen LogP contribution in [0.15, 0.2) is 76.6 Å². The van der Waals surface area contributed by atoms with E-state index in [1.54, 1.807) is 37.3 Å². The van der Waals surface area contributed by atoms with E-state index in [1.165, 1.54) is 39.9 Å². The normalized spacial score (nSPS) is 12.3. The summed E-state index contributed by atoms with van der Waals surface area (Å²) in [5, 5.41) is 0.790. The minimum atomic E-state index is -3.80. The topological polar surface area (TPSA) is 81.0 Å². The molecule has 0 fully saturated rings. The van der Waals surface area contributed by atoms with E-state index >= 15 is 0 Å². The number of halogens is 2. The smallest absolute Gasteiger partial charge is 0.279 e. The molecule has 11 heteroatoms. The van der Waals surface area contributed by atoms with Crippen molar-refractivity contribution < 1.29 is 17.9 Å². The molecule has 37 heavy (non-hydrogen) atoms. The van der Waals surface area contributed by atoms with Crippen LogP contribution in [-0.2, 0) is 21.3 Å². The first kappa shape index (κ1) is 27.3. The largest absolute Gasteiger partial charge is 0.380 e. The maximum atomic E-state index is 13.2. The lowest BCUT2D eigenvalue weighted by Crippen LogP contribution is -2.30. The number of nitrogens with zero attached hydrogens (tertiary/aromatic N) is 3. The highest BCUT2D eigenvalue weighted by Crippen LogP contribution is 2.32. The van der Waals surface area contributed by atoms with Crippen molar-refractivity contribution in [2.75, 3.05) is 24.1 Å². The fraction of sp³-hybridized carbons (Fsp3) is 0.231. The summed E-state index contributed by atoms with van der Waals surface area (Å²) in [4.78, 5) is 17.9. The number of benzene rings is 3. The highest BCUT2D eigenvalue weighted by atomic mass is 35.5. The van der Waals surface area contributed by atoms with Crippen molar-refractivity contribution in [2.24, 2.45) is 4.99 Å². The van der Waals surface area contributed by atoms with Gasteiger partial charge in [0.2, 0.25) is 0 Å². The second-order valence-corrected chi connectivity index (χ2v) is 11.5. The predicted molar refractivity (Wildman–Crippen MR) is 149 cm³/mol. The van der Waals surface area contributed by atoms with Gasteiger partial charge in [-0.05, 0) is 62.4 Å². The fourth-order valence-electron chi connectivity index (χ4n) is 3.83. The molecule has 3 aromatic carbocycles. The Morgan fingerprint density at radius 1 is 1.03 bits per heavy atom. The number of anilines is 1. The number of amides is 1. The second kappa shape index (κ2) is 11.8. The van der Waals surface area contributed by atoms with Gasteiger partial charge in [0.25, 0.3) is 15.9 Å². The molecule has 0 spiro atoms. The second-order valence-electron chi connectivity index (χ2n) is 7.89. The number of rotatable bonds is 9. The number of aromatic nitrogens is 1. The van der Waals surface area contributed by atoms with Crippen molar-refractivity contribution in [1.82, 2.24) is 4.57 Å². The highest BCUT2D eigenvalue weighted by molar-refractivity contribution is 7.92. The van der Waals surface area contributed by atoms with Crippen molar-refractivity contribution in [3.63, 3.8) is 0 Å². The summed E-state index contributed by atoms with van der Waals surface area (Å²) in [5.41, 5.74) is 1.52. The van der Waals surface area contributed by atoms with Gasteiger partial charge in [-0.3, -0.25) is 9.10 Å². The highest BCUT2D eigenvalue weighted by Gasteiger charge is 2.24. The van der Waals surface area contributed by atoms with Crippen LogP contribution in [0.2, 0.25) is 10.0 Å². The van der Waals surface area contributed by atoms with Crippen LogP contribution in [0.25, 0.3) is 10.2 Å². The molecule has 0 saturated heterocycles. The van der Waals surface area contributed by atoms with Gasteiger partial charge in [-0.1, -0.05) is 52.7 Å². The summed E-state index contributed by atoms with van der Waals surface area (Å²) in [7, 11) is -3.80. The molecular weight excluding hydrogens is 553 g/mol. The Balaban J connectivity index is 1.68. The number of fused-ring (bicyclic) bond motifs is 1. The molecule has 194 valence electrons. The Kier molecular flexibility index (Phi) is 8.71. The number of carbonyl (C=O) groups excluding carboxylic acids is 1. The molecule has 0 atom stereocenters. The van der Waals surface area contributed by atoms with Crippen LogP contribution in [0.3, 0.4) is 0 Å². The first-order valence-electron chi connectivity index (χ1n) is 11.6. The van der Waals surface area contributed by atoms with E-state index in [4.69, 9.17) is 27.9 Å². The molecule has 0 radical (unpaired) electrons. The molecule has 0 unspecified atom stereocenters. The molecule has 1 amide bonds. The van der Waals surface area contributed by atoms with Gasteiger partial charge >= 0.3 is 0 Å². The summed E-state index contributed by atoms with van der Waals surface area (Å²) in [5.74, 6) is -0.502. The average molecular weight is 579 g/mol. The van der Waals surface area contributed by atoms with Crippen LogP contribution >= 0.6 is 34.5 Å². The molecule has 7 nitrogen and oxygen atoms in total. The summed E-state index contributed by atoms with van der Waals surface area (Å²) >= 11 is 14.0. The zero-order valence-corrected chi connectivity index (χ0v) is 23.4. The van der Waals surface area contributed by atoms with Gasteiger partial charge in [-0.25, -0.2) is 8.42 Å². The molecular formula is C26H25Cl2N3O4S2. The quantitative estimate of drug-likeness (QED) is 0.228. The number of hydrogen-bond donors (Lipinski definition) is 0. The number of para-hydroxylation sites is 1. The predicted octanol–water partition coefficient (Wildman–Crippen LogP) is 6.00. The Labute approximate surface area is 229 Å². The van der Waals surface area contributed by atoms with E-state index in [1.807, 2.05) is 23.6 Å². The van der Waals surface area contributed by atoms with Gasteiger partial charge in [0.05, 0.1) is 37.5 Å². The van der Waals surface area contributed by atoms with Crippen molar-refractivity contribution in [3.8, 4) is 0 Å². The third kappa shape index (κ3) is 5.76. The van der Waals surface area contributed by atoms with Crippen LogP contribution in [-0.4, -0.2) is 38.7 Å². The van der Waals surface area contributed by atoms with Crippen molar-refractivity contribution >= 4 is 66.4 Å². The minimum Gasteiger partial charge on any atom is -0.380 e. The minimum absolute atomic E-state index is 0.0878. The van der Waals surface area contributed by atoms with Crippen molar-refractivity contribution in [2.45, 2.75) is 25.3 Å². The SMILES string of the molecule is CCOCCn1c(=NC(=O)c2ccc(S(=O)(=O)N(CC)c3ccccc3)cc2)sc2ccc(Cl)c(Cl)c21. The lowest BCUT2D eigenvalue weighted by Gasteiger charge is -2.22. The third-order valence-electron chi connectivity index (χ3n) is 5.62. The van der Waals surface area contributed by atoms with Gasteiger partial charge in [-0.15, -0.1) is 0 Å². The van der Waals surface area contributed by atoms with E-state index in [9.17, 15) is 13.2 Å².